The molecule has 0 radical (unpaired) electrons. The molecule has 2 heterocycles. The molecule has 0 saturated carbocycles. The Hall–Kier alpha value is -1.76. The highest BCUT2D eigenvalue weighted by molar-refractivity contribution is 5.88. The first-order chi connectivity index (χ1) is 8.64. The number of benzene rings is 1. The zero-order valence-corrected chi connectivity index (χ0v) is 11.1. The first-order valence-corrected chi connectivity index (χ1v) is 6.63. The van der Waals surface area contributed by atoms with Crippen LogP contribution in [0.5, 0.6) is 0 Å². The maximum absolute atomic E-state index is 2.45. The van der Waals surface area contributed by atoms with Gasteiger partial charge in [0.2, 0.25) is 0 Å². The zero-order chi connectivity index (χ0) is 12.5. The third-order valence-electron chi connectivity index (χ3n) is 4.78. The van der Waals surface area contributed by atoms with E-state index in [2.05, 4.69) is 68.3 Å². The molecule has 0 spiro atoms. The lowest BCUT2D eigenvalue weighted by Gasteiger charge is -2.33. The van der Waals surface area contributed by atoms with Gasteiger partial charge in [0.1, 0.15) is 0 Å². The molecular formula is C17H17N. The van der Waals surface area contributed by atoms with Gasteiger partial charge in [0.25, 0.3) is 0 Å². The number of rotatable bonds is 0. The van der Waals surface area contributed by atoms with E-state index in [9.17, 15) is 0 Å². The van der Waals surface area contributed by atoms with E-state index in [1.165, 1.54) is 28.0 Å². The zero-order valence-electron chi connectivity index (χ0n) is 11.1. The second-order valence-electron chi connectivity index (χ2n) is 5.74. The van der Waals surface area contributed by atoms with Crippen molar-refractivity contribution < 1.29 is 0 Å². The Labute approximate surface area is 108 Å². The topological polar surface area (TPSA) is 3.24 Å². The van der Waals surface area contributed by atoms with Gasteiger partial charge in [0.15, 0.2) is 0 Å². The number of hydrogen-bond acceptors (Lipinski definition) is 1. The normalized spacial score (nSPS) is 31.6. The molecule has 1 aliphatic carbocycles. The van der Waals surface area contributed by atoms with Crippen LogP contribution in [0.2, 0.25) is 0 Å². The maximum atomic E-state index is 2.45. The minimum Gasteiger partial charge on any atom is -0.360 e. The molecule has 0 amide bonds. The lowest BCUT2D eigenvalue weighted by Crippen LogP contribution is -2.33. The van der Waals surface area contributed by atoms with Crippen LogP contribution in [0.3, 0.4) is 0 Å². The van der Waals surface area contributed by atoms with Crippen LogP contribution in [0.4, 0.5) is 0 Å². The minimum absolute atomic E-state index is 0.0419. The lowest BCUT2D eigenvalue weighted by molar-refractivity contribution is 0.305. The van der Waals surface area contributed by atoms with Gasteiger partial charge in [-0.1, -0.05) is 49.4 Å². The SMILES string of the molecule is CC1C=CC2=C3c4ccccc4C(C)(C2=C1)N3C. The van der Waals surface area contributed by atoms with Crippen LogP contribution in [-0.2, 0) is 5.54 Å². The molecule has 1 aromatic rings. The van der Waals surface area contributed by atoms with Crippen molar-refractivity contribution in [3.05, 3.63) is 64.8 Å². The summed E-state index contributed by atoms with van der Waals surface area (Å²) < 4.78 is 0. The van der Waals surface area contributed by atoms with Gasteiger partial charge in [-0.05, 0) is 24.0 Å². The van der Waals surface area contributed by atoms with Crippen molar-refractivity contribution in [2.45, 2.75) is 19.4 Å². The quantitative estimate of drug-likeness (QED) is 0.662. The van der Waals surface area contributed by atoms with Crippen molar-refractivity contribution in [1.29, 1.82) is 0 Å². The summed E-state index contributed by atoms with van der Waals surface area (Å²) >= 11 is 0. The Morgan fingerprint density at radius 3 is 2.83 bits per heavy atom. The van der Waals surface area contributed by atoms with Gasteiger partial charge >= 0.3 is 0 Å². The van der Waals surface area contributed by atoms with Crippen LogP contribution in [0.1, 0.15) is 25.0 Å². The summed E-state index contributed by atoms with van der Waals surface area (Å²) in [6.45, 7) is 4.61. The Kier molecular flexibility index (Phi) is 1.68. The van der Waals surface area contributed by atoms with Gasteiger partial charge < -0.3 is 4.90 Å². The van der Waals surface area contributed by atoms with Crippen LogP contribution in [0, 0.1) is 5.92 Å². The van der Waals surface area contributed by atoms with E-state index in [1.807, 2.05) is 0 Å². The molecule has 1 nitrogen and oxygen atoms in total. The summed E-state index contributed by atoms with van der Waals surface area (Å²) in [5.74, 6) is 0.543. The Bertz CT molecular complexity index is 647. The van der Waals surface area contributed by atoms with Gasteiger partial charge in [0, 0.05) is 18.2 Å². The van der Waals surface area contributed by atoms with Crippen LogP contribution < -0.4 is 0 Å². The largest absolute Gasteiger partial charge is 0.360 e. The predicted octanol–water partition coefficient (Wildman–Crippen LogP) is 3.70. The van der Waals surface area contributed by atoms with Gasteiger partial charge in [-0.15, -0.1) is 0 Å². The van der Waals surface area contributed by atoms with Crippen molar-refractivity contribution >= 4 is 5.70 Å². The molecule has 4 rings (SSSR count). The number of fused-ring (bicyclic) bond motifs is 7. The van der Waals surface area contributed by atoms with Crippen LogP contribution in [0.15, 0.2) is 53.6 Å². The van der Waals surface area contributed by atoms with E-state index in [0.29, 0.717) is 5.92 Å². The van der Waals surface area contributed by atoms with E-state index in [4.69, 9.17) is 0 Å². The summed E-state index contributed by atoms with van der Waals surface area (Å²) in [6, 6.07) is 8.83. The van der Waals surface area contributed by atoms with Crippen LogP contribution >= 0.6 is 0 Å². The summed E-state index contributed by atoms with van der Waals surface area (Å²) in [5, 5.41) is 0. The number of likely N-dealkylation sites (N-methyl/N-ethyl adjacent to an activating group) is 1. The molecule has 90 valence electrons. The maximum Gasteiger partial charge on any atom is 0.0885 e. The highest BCUT2D eigenvalue weighted by Crippen LogP contribution is 2.59. The molecule has 2 bridgehead atoms. The van der Waals surface area contributed by atoms with E-state index in [0.717, 1.165) is 0 Å². The fraction of sp³-hybridized carbons (Fsp3) is 0.294. The fourth-order valence-electron chi connectivity index (χ4n) is 3.73. The first kappa shape index (κ1) is 10.2. The molecule has 18 heavy (non-hydrogen) atoms. The van der Waals surface area contributed by atoms with E-state index in [-0.39, 0.29) is 5.54 Å². The van der Waals surface area contributed by atoms with Crippen molar-refractivity contribution in [3.8, 4) is 0 Å². The van der Waals surface area contributed by atoms with Crippen molar-refractivity contribution in [2.75, 3.05) is 7.05 Å². The lowest BCUT2D eigenvalue weighted by atomic mass is 9.75. The first-order valence-electron chi connectivity index (χ1n) is 6.63. The second kappa shape index (κ2) is 2.97. The third kappa shape index (κ3) is 0.915. The van der Waals surface area contributed by atoms with E-state index < -0.39 is 0 Å². The molecule has 1 heteroatoms. The van der Waals surface area contributed by atoms with Crippen molar-refractivity contribution in [2.24, 2.45) is 5.92 Å². The molecule has 2 aliphatic heterocycles. The Morgan fingerprint density at radius 2 is 2.00 bits per heavy atom. The molecule has 1 aromatic carbocycles. The predicted molar refractivity (Wildman–Crippen MR) is 74.9 cm³/mol. The molecular weight excluding hydrogens is 218 g/mol. The third-order valence-corrected chi connectivity index (χ3v) is 4.78. The molecule has 0 fully saturated rings. The smallest absolute Gasteiger partial charge is 0.0885 e. The van der Waals surface area contributed by atoms with Crippen molar-refractivity contribution in [3.63, 3.8) is 0 Å². The summed E-state index contributed by atoms with van der Waals surface area (Å²) in [7, 11) is 2.22. The summed E-state index contributed by atoms with van der Waals surface area (Å²) in [5.41, 5.74) is 7.24. The molecule has 2 unspecified atom stereocenters. The number of nitrogens with zero attached hydrogens (tertiary/aromatic N) is 1. The number of allylic oxidation sites excluding steroid dienone is 3. The average Bonchev–Trinajstić information content (AvgIpc) is 2.73. The second-order valence-corrected chi connectivity index (χ2v) is 5.74. The highest BCUT2D eigenvalue weighted by atomic mass is 15.2. The molecule has 2 atom stereocenters. The van der Waals surface area contributed by atoms with Gasteiger partial charge in [-0.2, -0.15) is 0 Å². The number of hydrogen-bond donors (Lipinski definition) is 0. The molecule has 0 N–H and O–H groups in total. The summed E-state index contributed by atoms with van der Waals surface area (Å²) in [4.78, 5) is 2.45. The standard InChI is InChI=1S/C17H17N/c1-11-8-9-13-15(10-11)17(2)14-7-5-4-6-12(14)16(13)18(17)3/h4-11H,1-3H3. The van der Waals surface area contributed by atoms with Gasteiger partial charge in [0.05, 0.1) is 11.2 Å². The minimum atomic E-state index is 0.0419. The Morgan fingerprint density at radius 1 is 1.22 bits per heavy atom. The average molecular weight is 235 g/mol. The summed E-state index contributed by atoms with van der Waals surface area (Å²) in [6.07, 6.45) is 7.04. The highest BCUT2D eigenvalue weighted by Gasteiger charge is 2.52. The monoisotopic (exact) mass is 235 g/mol. The molecule has 3 aliphatic rings. The van der Waals surface area contributed by atoms with Crippen molar-refractivity contribution in [1.82, 2.24) is 4.90 Å². The molecule has 0 saturated heterocycles. The van der Waals surface area contributed by atoms with Gasteiger partial charge in [-0.25, -0.2) is 0 Å². The fourth-order valence-corrected chi connectivity index (χ4v) is 3.73. The van der Waals surface area contributed by atoms with E-state index in [1.54, 1.807) is 0 Å². The van der Waals surface area contributed by atoms with Crippen LogP contribution in [0.25, 0.3) is 5.70 Å². The van der Waals surface area contributed by atoms with Gasteiger partial charge in [-0.3, -0.25) is 0 Å². The molecule has 0 aromatic heterocycles. The van der Waals surface area contributed by atoms with E-state index >= 15 is 0 Å². The van der Waals surface area contributed by atoms with Crippen LogP contribution in [-0.4, -0.2) is 11.9 Å². The Balaban J connectivity index is 2.10.